The maximum absolute atomic E-state index is 11.7. The summed E-state index contributed by atoms with van der Waals surface area (Å²) < 4.78 is 11.5. The van der Waals surface area contributed by atoms with Crippen molar-refractivity contribution in [3.63, 3.8) is 0 Å². The van der Waals surface area contributed by atoms with Gasteiger partial charge < -0.3 is 9.47 Å². The fraction of sp³-hybridized carbons (Fsp3) is 0.267. The molecule has 10 nitrogen and oxygen atoms in total. The van der Waals surface area contributed by atoms with Gasteiger partial charge in [-0.15, -0.1) is 0 Å². The molecule has 2 aromatic rings. The second kappa shape index (κ2) is 8.30. The van der Waals surface area contributed by atoms with Gasteiger partial charge in [0.05, 0.1) is 31.1 Å². The van der Waals surface area contributed by atoms with Crippen LogP contribution in [0.2, 0.25) is 5.02 Å². The van der Waals surface area contributed by atoms with Gasteiger partial charge in [0.2, 0.25) is 5.75 Å². The number of ether oxygens (including phenoxy) is 2. The van der Waals surface area contributed by atoms with E-state index in [0.717, 1.165) is 4.68 Å². The Balaban J connectivity index is 2.33. The number of anilines is 1. The van der Waals surface area contributed by atoms with E-state index >= 15 is 0 Å². The summed E-state index contributed by atoms with van der Waals surface area (Å²) in [6, 6.07) is 2.83. The van der Waals surface area contributed by atoms with Crippen LogP contribution in [0.25, 0.3) is 0 Å². The molecule has 1 aromatic carbocycles. The van der Waals surface area contributed by atoms with Gasteiger partial charge in [-0.05, 0) is 13.0 Å². The molecule has 0 radical (unpaired) electrons. The number of nitro groups is 1. The number of hydrogen-bond donors (Lipinski definition) is 1. The zero-order valence-corrected chi connectivity index (χ0v) is 15.0. The SMILES string of the molecule is CCOc1c(OC)cc(/C=N\Nc2cnn(C)c(=O)c2Cl)cc1[N+](=O)[O-]. The molecular formula is C15H16ClN5O5. The smallest absolute Gasteiger partial charge is 0.315 e. The van der Waals surface area contributed by atoms with E-state index in [1.807, 2.05) is 0 Å². The van der Waals surface area contributed by atoms with E-state index < -0.39 is 10.5 Å². The van der Waals surface area contributed by atoms with Crippen LogP contribution >= 0.6 is 11.6 Å². The number of nitro benzene ring substituents is 1. The molecule has 0 aliphatic rings. The maximum atomic E-state index is 11.7. The topological polar surface area (TPSA) is 121 Å². The highest BCUT2D eigenvalue weighted by Gasteiger charge is 2.21. The highest BCUT2D eigenvalue weighted by Crippen LogP contribution is 2.37. The van der Waals surface area contributed by atoms with Gasteiger partial charge in [-0.2, -0.15) is 10.2 Å². The van der Waals surface area contributed by atoms with Crippen LogP contribution in [0, 0.1) is 10.1 Å². The summed E-state index contributed by atoms with van der Waals surface area (Å²) in [7, 11) is 2.85. The lowest BCUT2D eigenvalue weighted by Crippen LogP contribution is -2.20. The molecule has 0 amide bonds. The molecule has 0 aliphatic heterocycles. The van der Waals surface area contributed by atoms with Crippen molar-refractivity contribution in [3.05, 3.63) is 49.4 Å². The minimum Gasteiger partial charge on any atom is -0.493 e. The third kappa shape index (κ3) is 4.09. The molecule has 0 spiro atoms. The Kier molecular flexibility index (Phi) is 6.12. The summed E-state index contributed by atoms with van der Waals surface area (Å²) in [6.45, 7) is 1.96. The molecule has 26 heavy (non-hydrogen) atoms. The molecule has 1 N–H and O–H groups in total. The monoisotopic (exact) mass is 381 g/mol. The average Bonchev–Trinajstić information content (AvgIpc) is 2.62. The molecule has 1 heterocycles. The lowest BCUT2D eigenvalue weighted by atomic mass is 10.2. The molecule has 138 valence electrons. The van der Waals surface area contributed by atoms with Gasteiger partial charge in [-0.1, -0.05) is 11.6 Å². The Morgan fingerprint density at radius 3 is 2.85 bits per heavy atom. The van der Waals surface area contributed by atoms with Crippen molar-refractivity contribution >= 4 is 29.2 Å². The van der Waals surface area contributed by atoms with Gasteiger partial charge in [-0.25, -0.2) is 4.68 Å². The Labute approximate surface area is 153 Å². The molecule has 0 fully saturated rings. The highest BCUT2D eigenvalue weighted by molar-refractivity contribution is 6.32. The van der Waals surface area contributed by atoms with Gasteiger partial charge in [0, 0.05) is 18.7 Å². The van der Waals surface area contributed by atoms with Crippen molar-refractivity contribution in [1.29, 1.82) is 0 Å². The van der Waals surface area contributed by atoms with Gasteiger partial charge in [0.15, 0.2) is 5.75 Å². The fourth-order valence-electron chi connectivity index (χ4n) is 2.02. The van der Waals surface area contributed by atoms with Crippen LogP contribution < -0.4 is 20.5 Å². The molecule has 0 atom stereocenters. The standard InChI is InChI=1S/C15H16ClN5O5/c1-4-26-14-11(21(23)24)5-9(6-12(14)25-3)7-17-19-10-8-18-20(2)15(22)13(10)16/h5-8,19H,4H2,1-3H3/b17-7-. The molecule has 2 rings (SSSR count). The summed E-state index contributed by atoms with van der Waals surface area (Å²) in [5.41, 5.74) is 2.44. The van der Waals surface area contributed by atoms with Crippen molar-refractivity contribution < 1.29 is 14.4 Å². The number of hydrazone groups is 1. The summed E-state index contributed by atoms with van der Waals surface area (Å²) in [5, 5.41) is 18.9. The fourth-order valence-corrected chi connectivity index (χ4v) is 2.24. The molecule has 11 heteroatoms. The number of methoxy groups -OCH3 is 1. The maximum Gasteiger partial charge on any atom is 0.315 e. The normalized spacial score (nSPS) is 10.8. The van der Waals surface area contributed by atoms with E-state index in [2.05, 4.69) is 15.6 Å². The molecular weight excluding hydrogens is 366 g/mol. The van der Waals surface area contributed by atoms with Crippen molar-refractivity contribution in [2.75, 3.05) is 19.1 Å². The number of benzene rings is 1. The number of halogens is 1. The first-order chi connectivity index (χ1) is 12.4. The average molecular weight is 382 g/mol. The molecule has 0 bridgehead atoms. The molecule has 0 aliphatic carbocycles. The summed E-state index contributed by atoms with van der Waals surface area (Å²) in [5.74, 6) is 0.250. The van der Waals surface area contributed by atoms with Crippen LogP contribution in [0.4, 0.5) is 11.4 Å². The quantitative estimate of drug-likeness (QED) is 0.443. The van der Waals surface area contributed by atoms with Crippen LogP contribution in [0.5, 0.6) is 11.5 Å². The Morgan fingerprint density at radius 2 is 2.23 bits per heavy atom. The number of nitrogens with zero attached hydrogens (tertiary/aromatic N) is 4. The number of nitrogens with one attached hydrogen (secondary N) is 1. The van der Waals surface area contributed by atoms with E-state index in [1.54, 1.807) is 6.92 Å². The molecule has 0 saturated heterocycles. The van der Waals surface area contributed by atoms with Crippen molar-refractivity contribution in [3.8, 4) is 11.5 Å². The first-order valence-electron chi connectivity index (χ1n) is 7.39. The third-order valence-electron chi connectivity index (χ3n) is 3.24. The van der Waals surface area contributed by atoms with E-state index in [1.165, 1.54) is 38.7 Å². The molecule has 1 aromatic heterocycles. The number of aryl methyl sites for hydroxylation is 1. The van der Waals surface area contributed by atoms with E-state index in [-0.39, 0.29) is 34.5 Å². The zero-order valence-electron chi connectivity index (χ0n) is 14.2. The lowest BCUT2D eigenvalue weighted by molar-refractivity contribution is -0.385. The predicted molar refractivity (Wildman–Crippen MR) is 96.5 cm³/mol. The van der Waals surface area contributed by atoms with Gasteiger partial charge in [-0.3, -0.25) is 20.3 Å². The van der Waals surface area contributed by atoms with Crippen LogP contribution in [-0.4, -0.2) is 34.6 Å². The van der Waals surface area contributed by atoms with Gasteiger partial charge in [0.1, 0.15) is 10.7 Å². The van der Waals surface area contributed by atoms with E-state index in [4.69, 9.17) is 21.1 Å². The van der Waals surface area contributed by atoms with E-state index in [9.17, 15) is 14.9 Å². The van der Waals surface area contributed by atoms with Crippen LogP contribution in [0.3, 0.4) is 0 Å². The largest absolute Gasteiger partial charge is 0.493 e. The number of hydrogen-bond acceptors (Lipinski definition) is 8. The second-order valence-corrected chi connectivity index (χ2v) is 5.31. The van der Waals surface area contributed by atoms with E-state index in [0.29, 0.717) is 5.56 Å². The summed E-state index contributed by atoms with van der Waals surface area (Å²) in [6.07, 6.45) is 2.65. The predicted octanol–water partition coefficient (Wildman–Crippen LogP) is 2.20. The number of rotatable bonds is 7. The number of aromatic nitrogens is 2. The van der Waals surface area contributed by atoms with Crippen molar-refractivity contribution in [2.24, 2.45) is 12.1 Å². The Bertz CT molecular complexity index is 912. The second-order valence-electron chi connectivity index (χ2n) is 4.93. The third-order valence-corrected chi connectivity index (χ3v) is 3.60. The lowest BCUT2D eigenvalue weighted by Gasteiger charge is -2.10. The van der Waals surface area contributed by atoms with Crippen LogP contribution in [-0.2, 0) is 7.05 Å². The zero-order chi connectivity index (χ0) is 19.3. The van der Waals surface area contributed by atoms with Gasteiger partial charge in [0.25, 0.3) is 5.56 Å². The molecule has 0 unspecified atom stereocenters. The Hall–Kier alpha value is -3.14. The first-order valence-corrected chi connectivity index (χ1v) is 7.76. The van der Waals surface area contributed by atoms with Crippen LogP contribution in [0.15, 0.2) is 28.2 Å². The minimum atomic E-state index is -0.569. The van der Waals surface area contributed by atoms with Crippen LogP contribution in [0.1, 0.15) is 12.5 Å². The summed E-state index contributed by atoms with van der Waals surface area (Å²) in [4.78, 5) is 22.4. The highest BCUT2D eigenvalue weighted by atomic mass is 35.5. The first kappa shape index (κ1) is 19.2. The van der Waals surface area contributed by atoms with Gasteiger partial charge >= 0.3 is 5.69 Å². The minimum absolute atomic E-state index is 0.0453. The van der Waals surface area contributed by atoms with Crippen molar-refractivity contribution in [2.45, 2.75) is 6.92 Å². The van der Waals surface area contributed by atoms with Crippen molar-refractivity contribution in [1.82, 2.24) is 9.78 Å². The Morgan fingerprint density at radius 1 is 1.50 bits per heavy atom. The summed E-state index contributed by atoms with van der Waals surface area (Å²) >= 11 is 5.91. The molecule has 0 saturated carbocycles.